The maximum absolute atomic E-state index is 5.61. The van der Waals surface area contributed by atoms with Crippen LogP contribution in [0.5, 0.6) is 5.75 Å². The van der Waals surface area contributed by atoms with E-state index in [-0.39, 0.29) is 0 Å². The summed E-state index contributed by atoms with van der Waals surface area (Å²) in [7, 11) is 0. The van der Waals surface area contributed by atoms with Crippen molar-refractivity contribution in [3.63, 3.8) is 0 Å². The Morgan fingerprint density at radius 1 is 1.53 bits per heavy atom. The molecule has 0 amide bonds. The maximum Gasteiger partial charge on any atom is 0.138 e. The normalized spacial score (nSPS) is 10.6. The number of hydrogen-bond donors (Lipinski definition) is 1. The summed E-state index contributed by atoms with van der Waals surface area (Å²) in [4.78, 5) is 4.29. The van der Waals surface area contributed by atoms with E-state index in [0.717, 1.165) is 18.8 Å². The minimum atomic E-state index is 0.314. The molecule has 1 aromatic heterocycles. The van der Waals surface area contributed by atoms with E-state index in [2.05, 4.69) is 30.7 Å². The number of nitrogens with zero attached hydrogens (tertiary/aromatic N) is 1. The zero-order valence-electron chi connectivity index (χ0n) is 10.4. The Kier molecular flexibility index (Phi) is 6.01. The molecule has 0 saturated heterocycles. The van der Waals surface area contributed by atoms with Gasteiger partial charge in [-0.15, -0.1) is 0 Å². The molecule has 1 heterocycles. The molecule has 0 aliphatic carbocycles. The first-order valence-electron chi connectivity index (χ1n) is 5.69. The summed E-state index contributed by atoms with van der Waals surface area (Å²) in [5, 5.41) is 3.81. The Hall–Kier alpha value is -1.06. The zero-order valence-corrected chi connectivity index (χ0v) is 11.1. The third-order valence-corrected chi connectivity index (χ3v) is 2.16. The van der Waals surface area contributed by atoms with Gasteiger partial charge in [-0.2, -0.15) is 0 Å². The van der Waals surface area contributed by atoms with Gasteiger partial charge in [0.1, 0.15) is 12.4 Å². The molecular weight excluding hydrogens is 236 g/mol. The molecule has 0 radical (unpaired) electrons. The molecule has 0 fully saturated rings. The van der Waals surface area contributed by atoms with E-state index in [4.69, 9.17) is 16.3 Å². The van der Waals surface area contributed by atoms with Crippen molar-refractivity contribution >= 4 is 11.6 Å². The molecule has 0 saturated carbocycles. The van der Waals surface area contributed by atoms with E-state index in [1.165, 1.54) is 0 Å². The molecule has 0 aliphatic rings. The van der Waals surface area contributed by atoms with Gasteiger partial charge < -0.3 is 10.1 Å². The predicted molar refractivity (Wildman–Crippen MR) is 71.3 cm³/mol. The topological polar surface area (TPSA) is 34.1 Å². The molecule has 1 N–H and O–H groups in total. The molecule has 0 aliphatic heterocycles. The van der Waals surface area contributed by atoms with Crippen molar-refractivity contribution < 1.29 is 4.74 Å². The fourth-order valence-electron chi connectivity index (χ4n) is 1.25. The van der Waals surface area contributed by atoms with Crippen LogP contribution in [0.2, 0.25) is 0 Å². The van der Waals surface area contributed by atoms with Gasteiger partial charge in [0.15, 0.2) is 0 Å². The summed E-state index contributed by atoms with van der Waals surface area (Å²) >= 11 is 5.61. The second-order valence-corrected chi connectivity index (χ2v) is 4.85. The Morgan fingerprint density at radius 2 is 2.29 bits per heavy atom. The minimum absolute atomic E-state index is 0.314. The summed E-state index contributed by atoms with van der Waals surface area (Å²) in [5.74, 6) is 1.35. The van der Waals surface area contributed by atoms with Gasteiger partial charge >= 0.3 is 0 Å². The van der Waals surface area contributed by atoms with Crippen molar-refractivity contribution in [1.82, 2.24) is 10.3 Å². The lowest BCUT2D eigenvalue weighted by Crippen LogP contribution is -2.19. The van der Waals surface area contributed by atoms with Crippen LogP contribution in [0.3, 0.4) is 0 Å². The average Bonchev–Trinajstić information content (AvgIpc) is 2.27. The lowest BCUT2D eigenvalue weighted by Gasteiger charge is -2.08. The lowest BCUT2D eigenvalue weighted by atomic mass is 10.2. The first-order valence-corrected chi connectivity index (χ1v) is 6.07. The largest absolute Gasteiger partial charge is 0.486 e. The average molecular weight is 255 g/mol. The highest BCUT2D eigenvalue weighted by molar-refractivity contribution is 6.29. The maximum atomic E-state index is 5.61. The van der Waals surface area contributed by atoms with Crippen LogP contribution in [-0.4, -0.2) is 18.1 Å². The van der Waals surface area contributed by atoms with E-state index in [0.29, 0.717) is 23.3 Å². The fraction of sp³-hybridized carbons (Fsp3) is 0.462. The molecule has 1 aromatic rings. The quantitative estimate of drug-likeness (QED) is 0.812. The molecule has 0 bridgehead atoms. The fourth-order valence-corrected chi connectivity index (χ4v) is 1.31. The summed E-state index contributed by atoms with van der Waals surface area (Å²) in [5.41, 5.74) is 1.00. The molecule has 0 spiro atoms. The van der Waals surface area contributed by atoms with E-state index in [9.17, 15) is 0 Å². The minimum Gasteiger partial charge on any atom is -0.486 e. The van der Waals surface area contributed by atoms with Crippen LogP contribution < -0.4 is 10.1 Å². The van der Waals surface area contributed by atoms with Gasteiger partial charge in [-0.05, 0) is 24.6 Å². The van der Waals surface area contributed by atoms with E-state index < -0.39 is 0 Å². The van der Waals surface area contributed by atoms with Gasteiger partial charge in [-0.3, -0.25) is 4.98 Å². The molecule has 1 rings (SSSR count). The van der Waals surface area contributed by atoms with E-state index in [1.54, 1.807) is 6.20 Å². The van der Waals surface area contributed by atoms with Gasteiger partial charge in [0, 0.05) is 11.6 Å². The van der Waals surface area contributed by atoms with Crippen LogP contribution in [0.25, 0.3) is 0 Å². The summed E-state index contributed by atoms with van der Waals surface area (Å²) in [6, 6.07) is 3.83. The second-order valence-electron chi connectivity index (χ2n) is 4.32. The van der Waals surface area contributed by atoms with Crippen molar-refractivity contribution in [3.05, 3.63) is 35.6 Å². The van der Waals surface area contributed by atoms with Gasteiger partial charge in [0.25, 0.3) is 0 Å². The van der Waals surface area contributed by atoms with Gasteiger partial charge in [0.2, 0.25) is 0 Å². The number of ether oxygens (including phenoxy) is 1. The monoisotopic (exact) mass is 254 g/mol. The van der Waals surface area contributed by atoms with Gasteiger partial charge in [0.05, 0.1) is 11.9 Å². The van der Waals surface area contributed by atoms with Gasteiger partial charge in [-0.1, -0.05) is 32.0 Å². The van der Waals surface area contributed by atoms with Crippen LogP contribution in [0.15, 0.2) is 29.9 Å². The van der Waals surface area contributed by atoms with Crippen LogP contribution in [-0.2, 0) is 6.54 Å². The smallest absolute Gasteiger partial charge is 0.138 e. The number of aromatic nitrogens is 1. The van der Waals surface area contributed by atoms with Crippen molar-refractivity contribution in [1.29, 1.82) is 0 Å². The summed E-state index contributed by atoms with van der Waals surface area (Å²) in [6.45, 7) is 9.99. The predicted octanol–water partition coefficient (Wildman–Crippen LogP) is 2.96. The highest BCUT2D eigenvalue weighted by Gasteiger charge is 1.98. The number of pyridine rings is 1. The first-order chi connectivity index (χ1) is 8.08. The molecule has 0 aromatic carbocycles. The zero-order chi connectivity index (χ0) is 12.7. The van der Waals surface area contributed by atoms with Crippen molar-refractivity contribution in [2.45, 2.75) is 20.4 Å². The van der Waals surface area contributed by atoms with Crippen LogP contribution in [0.1, 0.15) is 19.5 Å². The summed E-state index contributed by atoms with van der Waals surface area (Å²) < 4.78 is 5.35. The molecule has 4 heteroatoms. The van der Waals surface area contributed by atoms with Crippen LogP contribution in [0, 0.1) is 5.92 Å². The Bertz CT molecular complexity index is 349. The second kappa shape index (κ2) is 7.30. The highest BCUT2D eigenvalue weighted by Crippen LogP contribution is 2.11. The number of nitrogens with one attached hydrogen (secondary N) is 1. The first kappa shape index (κ1) is 14.0. The van der Waals surface area contributed by atoms with Gasteiger partial charge in [-0.25, -0.2) is 0 Å². The number of halogens is 1. The molecule has 17 heavy (non-hydrogen) atoms. The number of rotatable bonds is 7. The van der Waals surface area contributed by atoms with Crippen molar-refractivity contribution in [2.24, 2.45) is 5.92 Å². The highest BCUT2D eigenvalue weighted by atomic mass is 35.5. The van der Waals surface area contributed by atoms with E-state index >= 15 is 0 Å². The third-order valence-electron chi connectivity index (χ3n) is 2.05. The molecule has 0 atom stereocenters. The van der Waals surface area contributed by atoms with Crippen LogP contribution >= 0.6 is 11.6 Å². The molecule has 3 nitrogen and oxygen atoms in total. The third kappa shape index (κ3) is 6.29. The van der Waals surface area contributed by atoms with Crippen LogP contribution in [0.4, 0.5) is 0 Å². The van der Waals surface area contributed by atoms with Crippen molar-refractivity contribution in [3.8, 4) is 5.75 Å². The standard InChI is InChI=1S/C13H19ClN2O/c1-10(2)6-15-7-12-4-5-13(8-16-12)17-9-11(3)14/h4-5,8,10,15H,3,6-7,9H2,1-2H3. The Labute approximate surface area is 108 Å². The molecular formula is C13H19ClN2O. The summed E-state index contributed by atoms with van der Waals surface area (Å²) in [6.07, 6.45) is 1.70. The Balaban J connectivity index is 2.36. The SMILES string of the molecule is C=C(Cl)COc1ccc(CNCC(C)C)nc1. The molecule has 0 unspecified atom stereocenters. The Morgan fingerprint density at radius 3 is 2.82 bits per heavy atom. The van der Waals surface area contributed by atoms with Crippen molar-refractivity contribution in [2.75, 3.05) is 13.2 Å². The molecule has 94 valence electrons. The lowest BCUT2D eigenvalue weighted by molar-refractivity contribution is 0.357. The van der Waals surface area contributed by atoms with E-state index in [1.807, 2.05) is 12.1 Å². The number of hydrogen-bond acceptors (Lipinski definition) is 3.